The molecule has 0 spiro atoms. The highest BCUT2D eigenvalue weighted by molar-refractivity contribution is 7.92. The first-order chi connectivity index (χ1) is 17.8. The van der Waals surface area contributed by atoms with Gasteiger partial charge >= 0.3 is 0 Å². The zero-order chi connectivity index (χ0) is 27.5. The van der Waals surface area contributed by atoms with Crippen LogP contribution in [0.25, 0.3) is 0 Å². The lowest BCUT2D eigenvalue weighted by Gasteiger charge is -2.58. The van der Waals surface area contributed by atoms with Crippen LogP contribution in [0, 0.1) is 47.3 Å². The highest BCUT2D eigenvalue weighted by Gasteiger charge is 2.58. The van der Waals surface area contributed by atoms with E-state index >= 15 is 0 Å². The summed E-state index contributed by atoms with van der Waals surface area (Å²) in [6, 6.07) is 7.10. The molecule has 4 aliphatic carbocycles. The molecule has 0 aromatic heterocycles. The quantitative estimate of drug-likeness (QED) is 0.354. The number of hydrogen-bond acceptors (Lipinski definition) is 3. The average molecular weight is 541 g/mol. The Bertz CT molecular complexity index is 1140. The minimum atomic E-state index is -3.62. The minimum Gasteiger partial charge on any atom is -0.389 e. The van der Waals surface area contributed by atoms with Crippen LogP contribution >= 0.6 is 0 Å². The number of aryl methyl sites for hydroxylation is 1. The fraction of sp³-hybridized carbons (Fsp3) is 0.765. The Balaban J connectivity index is 1.31. The predicted molar refractivity (Wildman–Crippen MR) is 157 cm³/mol. The summed E-state index contributed by atoms with van der Waals surface area (Å²) in [6.45, 7) is 12.8. The number of benzene rings is 1. The Kier molecular flexibility index (Phi) is 7.51. The third kappa shape index (κ3) is 4.74. The van der Waals surface area contributed by atoms with Gasteiger partial charge in [0, 0.05) is 0 Å². The molecule has 3 fully saturated rings. The summed E-state index contributed by atoms with van der Waals surface area (Å²) in [4.78, 5) is 0.329. The van der Waals surface area contributed by atoms with Crippen molar-refractivity contribution in [2.75, 3.05) is 0 Å². The van der Waals surface area contributed by atoms with Crippen molar-refractivity contribution in [3.05, 3.63) is 41.5 Å². The fourth-order valence-electron chi connectivity index (χ4n) is 10.1. The lowest BCUT2D eigenvalue weighted by molar-refractivity contribution is -0.0503. The summed E-state index contributed by atoms with van der Waals surface area (Å²) in [7, 11) is -3.62. The van der Waals surface area contributed by atoms with Gasteiger partial charge in [0.25, 0.3) is 0 Å². The van der Waals surface area contributed by atoms with Gasteiger partial charge in [-0.05, 0) is 138 Å². The number of rotatable bonds is 7. The van der Waals surface area contributed by atoms with Gasteiger partial charge in [0.15, 0.2) is 9.84 Å². The summed E-state index contributed by atoms with van der Waals surface area (Å²) in [5.41, 5.74) is 2.33. The normalized spacial score (nSPS) is 37.0. The second-order valence-electron chi connectivity index (χ2n) is 14.7. The number of aliphatic hydroxyl groups is 1. The van der Waals surface area contributed by atoms with Crippen molar-refractivity contribution in [1.82, 2.24) is 0 Å². The molecule has 38 heavy (non-hydrogen) atoms. The van der Waals surface area contributed by atoms with Crippen molar-refractivity contribution >= 4 is 9.84 Å². The second-order valence-corrected chi connectivity index (χ2v) is 16.9. The average Bonchev–Trinajstić information content (AvgIpc) is 3.20. The zero-order valence-electron chi connectivity index (χ0n) is 24.8. The Morgan fingerprint density at radius 3 is 2.39 bits per heavy atom. The molecule has 0 saturated heterocycles. The van der Waals surface area contributed by atoms with Crippen molar-refractivity contribution in [2.45, 2.75) is 128 Å². The summed E-state index contributed by atoms with van der Waals surface area (Å²) in [5, 5.41) is 10.2. The molecule has 212 valence electrons. The Labute approximate surface area is 232 Å². The van der Waals surface area contributed by atoms with Crippen LogP contribution in [-0.4, -0.2) is 24.4 Å². The second kappa shape index (κ2) is 10.1. The van der Waals surface area contributed by atoms with Gasteiger partial charge in [-0.2, -0.15) is 0 Å². The summed E-state index contributed by atoms with van der Waals surface area (Å²) in [6.07, 6.45) is 16.1. The van der Waals surface area contributed by atoms with Crippen LogP contribution in [0.1, 0.15) is 111 Å². The molecule has 4 heteroatoms. The summed E-state index contributed by atoms with van der Waals surface area (Å²) in [5.74, 6) is 3.58. The van der Waals surface area contributed by atoms with E-state index in [1.54, 1.807) is 31.6 Å². The first-order valence-electron chi connectivity index (χ1n) is 15.5. The molecular weight excluding hydrogens is 488 g/mol. The van der Waals surface area contributed by atoms with Gasteiger partial charge in [0.1, 0.15) is 0 Å². The van der Waals surface area contributed by atoms with Crippen LogP contribution < -0.4 is 0 Å². The molecule has 0 amide bonds. The molecule has 1 unspecified atom stereocenters. The molecule has 3 nitrogen and oxygen atoms in total. The Morgan fingerprint density at radius 2 is 1.71 bits per heavy atom. The van der Waals surface area contributed by atoms with Crippen LogP contribution in [0.5, 0.6) is 0 Å². The van der Waals surface area contributed by atoms with Gasteiger partial charge in [0.05, 0.1) is 15.7 Å². The highest BCUT2D eigenvalue weighted by atomic mass is 32.2. The van der Waals surface area contributed by atoms with E-state index in [-0.39, 0.29) is 0 Å². The van der Waals surface area contributed by atoms with Gasteiger partial charge < -0.3 is 5.11 Å². The van der Waals surface area contributed by atoms with E-state index in [1.165, 1.54) is 57.8 Å². The van der Waals surface area contributed by atoms with Crippen molar-refractivity contribution in [2.24, 2.45) is 40.4 Å². The number of sulfone groups is 1. The first-order valence-corrected chi connectivity index (χ1v) is 17.1. The molecule has 1 N–H and O–H groups in total. The summed E-state index contributed by atoms with van der Waals surface area (Å²) < 4.78 is 27.3. The molecular formula is C34H52O3S. The van der Waals surface area contributed by atoms with Crippen molar-refractivity contribution in [1.29, 1.82) is 0 Å². The van der Waals surface area contributed by atoms with Crippen molar-refractivity contribution in [3.63, 3.8) is 0 Å². The van der Waals surface area contributed by atoms with Gasteiger partial charge in [-0.15, -0.1) is 0 Å². The minimum absolute atomic E-state index is 0.329. The summed E-state index contributed by atoms with van der Waals surface area (Å²) >= 11 is 0. The van der Waals surface area contributed by atoms with E-state index in [2.05, 4.69) is 26.8 Å². The maximum absolute atomic E-state index is 13.7. The van der Waals surface area contributed by atoms with Crippen LogP contribution in [0.3, 0.4) is 0 Å². The molecule has 3 saturated carbocycles. The largest absolute Gasteiger partial charge is 0.389 e. The van der Waals surface area contributed by atoms with E-state index in [0.717, 1.165) is 29.7 Å². The van der Waals surface area contributed by atoms with Gasteiger partial charge in [0.2, 0.25) is 0 Å². The third-order valence-corrected chi connectivity index (χ3v) is 14.7. The van der Waals surface area contributed by atoms with Gasteiger partial charge in [-0.3, -0.25) is 0 Å². The first kappa shape index (κ1) is 28.4. The zero-order valence-corrected chi connectivity index (χ0v) is 25.6. The van der Waals surface area contributed by atoms with E-state index in [1.807, 2.05) is 19.1 Å². The molecule has 0 aliphatic heterocycles. The smallest absolute Gasteiger partial charge is 0.184 e. The Morgan fingerprint density at radius 1 is 1.00 bits per heavy atom. The third-order valence-electron chi connectivity index (χ3n) is 12.2. The lowest BCUT2D eigenvalue weighted by Crippen LogP contribution is -2.50. The number of hydrogen-bond donors (Lipinski definition) is 1. The van der Waals surface area contributed by atoms with Gasteiger partial charge in [-0.25, -0.2) is 8.42 Å². The number of fused-ring (bicyclic) bond motifs is 5. The van der Waals surface area contributed by atoms with Crippen LogP contribution in [-0.2, 0) is 9.84 Å². The monoisotopic (exact) mass is 540 g/mol. The molecule has 5 rings (SSSR count). The highest BCUT2D eigenvalue weighted by Crippen LogP contribution is 2.67. The van der Waals surface area contributed by atoms with E-state index in [4.69, 9.17) is 0 Å². The molecule has 1 aromatic rings. The molecule has 0 radical (unpaired) electrons. The van der Waals surface area contributed by atoms with Crippen molar-refractivity contribution < 1.29 is 13.5 Å². The number of allylic oxidation sites excluding steroid dienone is 2. The standard InChI is InChI=1S/C34H52O3S/c1-23-10-14-26(15-11-23)38(36,37)31(32(3,4)35)19-12-24(2)28-17-18-29-27-16-13-25-9-7-8-21-33(25,5)30(27)20-22-34(28,29)6/h10-11,13-15,24,27-31,35H,7-9,12,16-22H2,1-6H3/t24-,27+,28-,29+,30+,31?,33+,34-/m1/s1. The molecule has 0 heterocycles. The van der Waals surface area contributed by atoms with E-state index in [9.17, 15) is 13.5 Å². The van der Waals surface area contributed by atoms with E-state index < -0.39 is 20.7 Å². The van der Waals surface area contributed by atoms with E-state index in [0.29, 0.717) is 34.0 Å². The van der Waals surface area contributed by atoms with Crippen LogP contribution in [0.4, 0.5) is 0 Å². The molecule has 8 atom stereocenters. The SMILES string of the molecule is Cc1ccc(S(=O)(=O)C(CC[C@@H](C)[C@H]2CC[C@H]3[C@@H]4CC=C5CCCC[C@]5(C)[C@H]4CC[C@]23C)C(C)(C)O)cc1. The van der Waals surface area contributed by atoms with Crippen LogP contribution in [0.2, 0.25) is 0 Å². The molecule has 1 aromatic carbocycles. The Hall–Kier alpha value is -1.13. The van der Waals surface area contributed by atoms with Crippen molar-refractivity contribution in [3.8, 4) is 0 Å². The van der Waals surface area contributed by atoms with Gasteiger partial charge in [-0.1, -0.05) is 56.5 Å². The van der Waals surface area contributed by atoms with Crippen LogP contribution in [0.15, 0.2) is 40.8 Å². The predicted octanol–water partition coefficient (Wildman–Crippen LogP) is 8.29. The maximum atomic E-state index is 13.7. The maximum Gasteiger partial charge on any atom is 0.184 e. The fourth-order valence-corrected chi connectivity index (χ4v) is 12.1. The molecule has 4 aliphatic rings. The molecule has 0 bridgehead atoms. The topological polar surface area (TPSA) is 54.4 Å². The lowest BCUT2D eigenvalue weighted by atomic mass is 9.47.